The zero-order valence-corrected chi connectivity index (χ0v) is 16.2. The van der Waals surface area contributed by atoms with E-state index in [2.05, 4.69) is 5.32 Å². The van der Waals surface area contributed by atoms with Crippen LogP contribution in [0.5, 0.6) is 0 Å². The molecule has 1 saturated heterocycles. The molecule has 1 aromatic rings. The molecule has 0 unspecified atom stereocenters. The monoisotopic (exact) mass is 370 g/mol. The third-order valence-electron chi connectivity index (χ3n) is 5.17. The van der Waals surface area contributed by atoms with Crippen molar-refractivity contribution < 1.29 is 13.2 Å². The highest BCUT2D eigenvalue weighted by atomic mass is 32.2. The molecule has 0 radical (unpaired) electrons. The van der Waals surface area contributed by atoms with Gasteiger partial charge in [0.1, 0.15) is 10.6 Å². The summed E-state index contributed by atoms with van der Waals surface area (Å²) < 4.78 is 28.6. The van der Waals surface area contributed by atoms with Crippen LogP contribution in [-0.4, -0.2) is 48.4 Å². The number of aryl methyl sites for hydroxylation is 1. The lowest BCUT2D eigenvalue weighted by molar-refractivity contribution is 0.0934. The molecule has 7 nitrogen and oxygen atoms in total. The number of aromatic nitrogens is 1. The molecule has 25 heavy (non-hydrogen) atoms. The van der Waals surface area contributed by atoms with Gasteiger partial charge in [-0.25, -0.2) is 8.42 Å². The van der Waals surface area contributed by atoms with Gasteiger partial charge in [0, 0.05) is 38.4 Å². The zero-order chi connectivity index (χ0) is 18.7. The standard InChI is InChI=1S/C17H30N4O3S/c1-4-17(18,5-2)13-19-16(22)15-11-14(12-20(15)3)25(23,24)21-9-7-6-8-10-21/h11-12H,4-10,13,18H2,1-3H3,(H,19,22). The van der Waals surface area contributed by atoms with E-state index in [1.807, 2.05) is 13.8 Å². The molecule has 0 aromatic carbocycles. The van der Waals surface area contributed by atoms with Gasteiger partial charge < -0.3 is 15.6 Å². The van der Waals surface area contributed by atoms with Crippen LogP contribution in [0.4, 0.5) is 0 Å². The van der Waals surface area contributed by atoms with E-state index in [-0.39, 0.29) is 10.8 Å². The van der Waals surface area contributed by atoms with Gasteiger partial charge in [-0.05, 0) is 31.7 Å². The molecule has 1 aliphatic heterocycles. The first kappa shape index (κ1) is 19.9. The van der Waals surface area contributed by atoms with E-state index in [1.165, 1.54) is 16.6 Å². The number of sulfonamides is 1. The zero-order valence-electron chi connectivity index (χ0n) is 15.4. The van der Waals surface area contributed by atoms with Gasteiger partial charge in [-0.3, -0.25) is 4.79 Å². The van der Waals surface area contributed by atoms with Crippen LogP contribution in [0.15, 0.2) is 17.2 Å². The predicted octanol–water partition coefficient (Wildman–Crippen LogP) is 1.45. The van der Waals surface area contributed by atoms with Crippen LogP contribution in [-0.2, 0) is 17.1 Å². The van der Waals surface area contributed by atoms with E-state index in [0.717, 1.165) is 32.1 Å². The maximum Gasteiger partial charge on any atom is 0.268 e. The Morgan fingerprint density at radius 3 is 2.40 bits per heavy atom. The number of nitrogens with one attached hydrogen (secondary N) is 1. The molecular weight excluding hydrogens is 340 g/mol. The number of nitrogens with two attached hydrogens (primary N) is 1. The fraction of sp³-hybridized carbons (Fsp3) is 0.706. The molecule has 142 valence electrons. The Hall–Kier alpha value is -1.38. The summed E-state index contributed by atoms with van der Waals surface area (Å²) in [5, 5.41) is 2.83. The van der Waals surface area contributed by atoms with Gasteiger partial charge in [-0.1, -0.05) is 20.3 Å². The summed E-state index contributed by atoms with van der Waals surface area (Å²) in [6.45, 7) is 5.42. The molecule has 1 aromatic heterocycles. The average molecular weight is 371 g/mol. The Bertz CT molecular complexity index is 701. The first-order chi connectivity index (χ1) is 11.7. The summed E-state index contributed by atoms with van der Waals surface area (Å²) in [6, 6.07) is 1.45. The topological polar surface area (TPSA) is 97.4 Å². The first-order valence-corrected chi connectivity index (χ1v) is 10.4. The van der Waals surface area contributed by atoms with Crippen molar-refractivity contribution in [1.29, 1.82) is 0 Å². The number of carbonyl (C=O) groups is 1. The summed E-state index contributed by atoms with van der Waals surface area (Å²) in [4.78, 5) is 12.6. The Morgan fingerprint density at radius 1 is 1.24 bits per heavy atom. The summed E-state index contributed by atoms with van der Waals surface area (Å²) >= 11 is 0. The molecule has 2 heterocycles. The van der Waals surface area contributed by atoms with Gasteiger partial charge in [-0.15, -0.1) is 0 Å². The maximum atomic E-state index is 12.7. The number of nitrogens with zero attached hydrogens (tertiary/aromatic N) is 2. The van der Waals surface area contributed by atoms with Gasteiger partial charge in [-0.2, -0.15) is 4.31 Å². The third-order valence-corrected chi connectivity index (χ3v) is 7.04. The highest BCUT2D eigenvalue weighted by Gasteiger charge is 2.29. The van der Waals surface area contributed by atoms with Crippen molar-refractivity contribution in [3.05, 3.63) is 18.0 Å². The molecular formula is C17H30N4O3S. The van der Waals surface area contributed by atoms with Gasteiger partial charge in [0.15, 0.2) is 0 Å². The predicted molar refractivity (Wildman–Crippen MR) is 97.9 cm³/mol. The lowest BCUT2D eigenvalue weighted by Crippen LogP contribution is -2.49. The van der Waals surface area contributed by atoms with Crippen molar-refractivity contribution in [1.82, 2.24) is 14.2 Å². The Kier molecular flexibility index (Phi) is 6.29. The number of carbonyl (C=O) groups excluding carboxylic acids is 1. The highest BCUT2D eigenvalue weighted by Crippen LogP contribution is 2.22. The van der Waals surface area contributed by atoms with Crippen molar-refractivity contribution in [3.8, 4) is 0 Å². The number of rotatable bonds is 7. The Balaban J connectivity index is 2.15. The van der Waals surface area contributed by atoms with E-state index < -0.39 is 15.6 Å². The van der Waals surface area contributed by atoms with Crippen LogP contribution in [0, 0.1) is 0 Å². The normalized spacial score (nSPS) is 16.8. The van der Waals surface area contributed by atoms with E-state index in [9.17, 15) is 13.2 Å². The highest BCUT2D eigenvalue weighted by molar-refractivity contribution is 7.89. The van der Waals surface area contributed by atoms with E-state index in [4.69, 9.17) is 5.73 Å². The SMILES string of the molecule is CCC(N)(CC)CNC(=O)c1cc(S(=O)(=O)N2CCCCC2)cn1C. The second-order valence-electron chi connectivity index (χ2n) is 6.89. The number of amides is 1. The quantitative estimate of drug-likeness (QED) is 0.759. The second kappa shape index (κ2) is 7.88. The van der Waals surface area contributed by atoms with E-state index in [0.29, 0.717) is 25.3 Å². The van der Waals surface area contributed by atoms with Gasteiger partial charge in [0.05, 0.1) is 0 Å². The van der Waals surface area contributed by atoms with Crippen LogP contribution in [0.2, 0.25) is 0 Å². The van der Waals surface area contributed by atoms with E-state index in [1.54, 1.807) is 11.6 Å². The summed E-state index contributed by atoms with van der Waals surface area (Å²) in [5.41, 5.74) is 6.09. The smallest absolute Gasteiger partial charge is 0.268 e. The summed E-state index contributed by atoms with van der Waals surface area (Å²) in [5.74, 6) is -0.306. The third kappa shape index (κ3) is 4.43. The fourth-order valence-corrected chi connectivity index (χ4v) is 4.59. The van der Waals surface area contributed by atoms with Crippen LogP contribution in [0.1, 0.15) is 56.4 Å². The minimum absolute atomic E-state index is 0.173. The van der Waals surface area contributed by atoms with Crippen molar-refractivity contribution in [2.45, 2.75) is 56.4 Å². The van der Waals surface area contributed by atoms with Crippen molar-refractivity contribution in [3.63, 3.8) is 0 Å². The van der Waals surface area contributed by atoms with Gasteiger partial charge >= 0.3 is 0 Å². The Labute approximate surface area is 150 Å². The second-order valence-corrected chi connectivity index (χ2v) is 8.83. The molecule has 0 aliphatic carbocycles. The van der Waals surface area contributed by atoms with Crippen LogP contribution in [0.3, 0.4) is 0 Å². The van der Waals surface area contributed by atoms with Gasteiger partial charge in [0.25, 0.3) is 5.91 Å². The lowest BCUT2D eigenvalue weighted by atomic mass is 9.94. The molecule has 3 N–H and O–H groups in total. The number of piperidine rings is 1. The minimum atomic E-state index is -3.54. The number of hydrogen-bond donors (Lipinski definition) is 2. The molecule has 0 bridgehead atoms. The summed E-state index contributed by atoms with van der Waals surface area (Å²) in [7, 11) is -1.86. The van der Waals surface area contributed by atoms with Crippen molar-refractivity contribution in [2.75, 3.05) is 19.6 Å². The molecule has 1 aliphatic rings. The average Bonchev–Trinajstić information content (AvgIpc) is 3.03. The molecule has 1 fully saturated rings. The van der Waals surface area contributed by atoms with Crippen molar-refractivity contribution in [2.24, 2.45) is 12.8 Å². The molecule has 1 amide bonds. The Morgan fingerprint density at radius 2 is 1.84 bits per heavy atom. The number of hydrogen-bond acceptors (Lipinski definition) is 4. The first-order valence-electron chi connectivity index (χ1n) is 8.97. The van der Waals surface area contributed by atoms with Crippen LogP contribution >= 0.6 is 0 Å². The molecule has 0 saturated carbocycles. The largest absolute Gasteiger partial charge is 0.349 e. The lowest BCUT2D eigenvalue weighted by Gasteiger charge is -2.26. The molecule has 2 rings (SSSR count). The van der Waals surface area contributed by atoms with Gasteiger partial charge in [0.2, 0.25) is 10.0 Å². The maximum absolute atomic E-state index is 12.7. The molecule has 8 heteroatoms. The van der Waals surface area contributed by atoms with E-state index >= 15 is 0 Å². The fourth-order valence-electron chi connectivity index (χ4n) is 3.00. The van der Waals surface area contributed by atoms with Crippen molar-refractivity contribution >= 4 is 15.9 Å². The molecule has 0 atom stereocenters. The van der Waals surface area contributed by atoms with Crippen LogP contribution in [0.25, 0.3) is 0 Å². The van der Waals surface area contributed by atoms with Crippen LogP contribution < -0.4 is 11.1 Å². The molecule has 0 spiro atoms. The summed E-state index contributed by atoms with van der Waals surface area (Å²) in [6.07, 6.45) is 5.84. The minimum Gasteiger partial charge on any atom is -0.349 e.